The molecule has 0 radical (unpaired) electrons. The summed E-state index contributed by atoms with van der Waals surface area (Å²) in [6, 6.07) is 17.5. The van der Waals surface area contributed by atoms with Crippen LogP contribution < -0.4 is 14.8 Å². The smallest absolute Gasteiger partial charge is 0.208 e. The summed E-state index contributed by atoms with van der Waals surface area (Å²) in [6.07, 6.45) is 3.66. The molecule has 1 fully saturated rings. The second-order valence-corrected chi connectivity index (χ2v) is 10.2. The monoisotopic (exact) mass is 592 g/mol. The van der Waals surface area contributed by atoms with Crippen LogP contribution in [0.2, 0.25) is 0 Å². The number of nitrogens with one attached hydrogen (secondary N) is 1. The molecular weight excluding hydrogens is 572 g/mol. The second-order valence-electron chi connectivity index (χ2n) is 7.44. The predicted octanol–water partition coefficient (Wildman–Crippen LogP) is 7.66. The summed E-state index contributed by atoms with van der Waals surface area (Å²) in [5.74, 6) is 3.54. The van der Waals surface area contributed by atoms with Gasteiger partial charge < -0.3 is 19.5 Å². The summed E-state index contributed by atoms with van der Waals surface area (Å²) in [4.78, 5) is 11.2. The Morgan fingerprint density at radius 3 is 2.77 bits per heavy atom. The van der Waals surface area contributed by atoms with Crippen LogP contribution in [0.25, 0.3) is 0 Å². The Morgan fingerprint density at radius 1 is 1.11 bits per heavy atom. The van der Waals surface area contributed by atoms with Crippen molar-refractivity contribution in [3.8, 4) is 17.2 Å². The van der Waals surface area contributed by atoms with Crippen LogP contribution in [0, 0.1) is 0 Å². The lowest BCUT2D eigenvalue weighted by atomic mass is 10.2. The first kappa shape index (κ1) is 25.7. The number of anilines is 2. The minimum atomic E-state index is -0.0219. The van der Waals surface area contributed by atoms with E-state index in [9.17, 15) is 0 Å². The molecule has 3 heterocycles. The molecule has 0 spiro atoms. The molecule has 1 aliphatic heterocycles. The summed E-state index contributed by atoms with van der Waals surface area (Å²) < 4.78 is 22.6. The van der Waals surface area contributed by atoms with Crippen molar-refractivity contribution < 1.29 is 14.2 Å². The van der Waals surface area contributed by atoms with E-state index in [0.717, 1.165) is 51.0 Å². The van der Waals surface area contributed by atoms with Gasteiger partial charge in [-0.25, -0.2) is 9.97 Å². The van der Waals surface area contributed by atoms with Crippen molar-refractivity contribution >= 4 is 62.6 Å². The predicted molar refractivity (Wildman–Crippen MR) is 144 cm³/mol. The maximum absolute atomic E-state index is 6.06. The third-order valence-corrected chi connectivity index (χ3v) is 7.17. The molecule has 1 N–H and O–H groups in total. The maximum atomic E-state index is 6.06. The van der Waals surface area contributed by atoms with Gasteiger partial charge in [0.1, 0.15) is 29.2 Å². The zero-order valence-electron chi connectivity index (χ0n) is 18.6. The minimum absolute atomic E-state index is 0. The van der Waals surface area contributed by atoms with Crippen LogP contribution in [0.1, 0.15) is 24.8 Å². The molecule has 35 heavy (non-hydrogen) atoms. The molecule has 7 nitrogen and oxygen atoms in total. The molecule has 182 valence electrons. The number of halogens is 2. The molecule has 2 aromatic carbocycles. The Kier molecular flexibility index (Phi) is 8.85. The molecule has 11 heteroatoms. The number of hydrogen-bond acceptors (Lipinski definition) is 9. The SMILES string of the molecule is COc1cccc(Sc2cc(Oc3cccc(Br)c3)cnc2Nc2nc(C3CCCO3)ns2)c1.Cl. The normalized spacial score (nSPS) is 14.9. The average molecular weight is 594 g/mol. The van der Waals surface area contributed by atoms with Crippen LogP contribution in [0.15, 0.2) is 75.1 Å². The highest BCUT2D eigenvalue weighted by molar-refractivity contribution is 9.10. The molecule has 1 unspecified atom stereocenters. The van der Waals surface area contributed by atoms with Gasteiger partial charge in [0.05, 0.1) is 18.2 Å². The van der Waals surface area contributed by atoms with Crippen LogP contribution in [0.4, 0.5) is 10.9 Å². The van der Waals surface area contributed by atoms with E-state index < -0.39 is 0 Å². The van der Waals surface area contributed by atoms with Crippen LogP contribution in [0.3, 0.4) is 0 Å². The standard InChI is InChI=1S/C24H21BrN4O3S2.ClH/c1-30-16-6-3-8-19(12-16)33-21-13-18(32-17-7-2-5-15(25)11-17)14-26-23(21)28-24-27-22(29-34-24)20-9-4-10-31-20;/h2-3,5-8,11-14,20H,4,9-10H2,1H3,(H,26,27,28,29);1H. The first-order chi connectivity index (χ1) is 16.7. The largest absolute Gasteiger partial charge is 0.497 e. The van der Waals surface area contributed by atoms with E-state index in [4.69, 9.17) is 14.2 Å². The highest BCUT2D eigenvalue weighted by Crippen LogP contribution is 2.38. The summed E-state index contributed by atoms with van der Waals surface area (Å²) >= 11 is 6.34. The fourth-order valence-electron chi connectivity index (χ4n) is 3.41. The van der Waals surface area contributed by atoms with Gasteiger partial charge in [0.15, 0.2) is 5.82 Å². The molecule has 0 amide bonds. The lowest BCUT2D eigenvalue weighted by Gasteiger charge is -2.12. The van der Waals surface area contributed by atoms with Gasteiger partial charge >= 0.3 is 0 Å². The summed E-state index contributed by atoms with van der Waals surface area (Å²) in [7, 11) is 1.66. The van der Waals surface area contributed by atoms with Crippen molar-refractivity contribution in [3.63, 3.8) is 0 Å². The lowest BCUT2D eigenvalue weighted by Crippen LogP contribution is -2.00. The first-order valence-corrected chi connectivity index (χ1v) is 13.0. The molecule has 1 saturated heterocycles. The molecular formula is C24H22BrClN4O3S2. The van der Waals surface area contributed by atoms with Crippen molar-refractivity contribution in [1.29, 1.82) is 0 Å². The van der Waals surface area contributed by atoms with E-state index in [1.54, 1.807) is 25.1 Å². The topological polar surface area (TPSA) is 78.4 Å². The second kappa shape index (κ2) is 12.0. The summed E-state index contributed by atoms with van der Waals surface area (Å²) in [5.41, 5.74) is 0. The number of nitrogens with zero attached hydrogens (tertiary/aromatic N) is 3. The third-order valence-electron chi connectivity index (χ3n) is 5.01. The van der Waals surface area contributed by atoms with Gasteiger partial charge in [-0.15, -0.1) is 12.4 Å². The van der Waals surface area contributed by atoms with Crippen LogP contribution in [0.5, 0.6) is 17.2 Å². The van der Waals surface area contributed by atoms with E-state index in [1.165, 1.54) is 11.5 Å². The number of hydrogen-bond donors (Lipinski definition) is 1. The Hall–Kier alpha value is -2.37. The van der Waals surface area contributed by atoms with Gasteiger partial charge in [0, 0.05) is 33.6 Å². The van der Waals surface area contributed by atoms with Crippen LogP contribution in [-0.4, -0.2) is 28.1 Å². The number of methoxy groups -OCH3 is 1. The summed E-state index contributed by atoms with van der Waals surface area (Å²) in [5, 5.41) is 4.00. The quantitative estimate of drug-likeness (QED) is 0.223. The molecule has 4 aromatic rings. The van der Waals surface area contributed by atoms with Gasteiger partial charge in [0.25, 0.3) is 0 Å². The average Bonchev–Trinajstić information content (AvgIpc) is 3.53. The van der Waals surface area contributed by atoms with Crippen molar-refractivity contribution in [2.75, 3.05) is 19.0 Å². The van der Waals surface area contributed by atoms with Gasteiger partial charge in [-0.2, -0.15) is 4.37 Å². The van der Waals surface area contributed by atoms with Crippen LogP contribution >= 0.6 is 51.6 Å². The van der Waals surface area contributed by atoms with Gasteiger partial charge in [-0.05, 0) is 49.2 Å². The lowest BCUT2D eigenvalue weighted by molar-refractivity contribution is 0.106. The zero-order valence-corrected chi connectivity index (χ0v) is 22.7. The number of aromatic nitrogens is 3. The molecule has 1 aliphatic rings. The van der Waals surface area contributed by atoms with Crippen molar-refractivity contribution in [2.45, 2.75) is 28.7 Å². The zero-order chi connectivity index (χ0) is 23.3. The van der Waals surface area contributed by atoms with E-state index in [2.05, 4.69) is 35.6 Å². The van der Waals surface area contributed by atoms with Gasteiger partial charge in [-0.3, -0.25) is 0 Å². The number of ether oxygens (including phenoxy) is 3. The van der Waals surface area contributed by atoms with E-state index >= 15 is 0 Å². The number of rotatable bonds is 8. The highest BCUT2D eigenvalue weighted by atomic mass is 79.9. The van der Waals surface area contributed by atoms with E-state index in [0.29, 0.717) is 16.7 Å². The Bertz CT molecular complexity index is 1290. The fraction of sp³-hybridized carbons (Fsp3) is 0.208. The van der Waals surface area contributed by atoms with Crippen LogP contribution in [-0.2, 0) is 4.74 Å². The maximum Gasteiger partial charge on any atom is 0.208 e. The molecule has 0 aliphatic carbocycles. The van der Waals surface area contributed by atoms with Crippen molar-refractivity contribution in [1.82, 2.24) is 14.3 Å². The number of pyridine rings is 1. The van der Waals surface area contributed by atoms with E-state index in [-0.39, 0.29) is 18.5 Å². The Morgan fingerprint density at radius 2 is 1.97 bits per heavy atom. The molecule has 5 rings (SSSR count). The highest BCUT2D eigenvalue weighted by Gasteiger charge is 2.22. The molecule has 1 atom stereocenters. The Balaban J connectivity index is 0.00000289. The van der Waals surface area contributed by atoms with Gasteiger partial charge in [0.2, 0.25) is 5.13 Å². The van der Waals surface area contributed by atoms with Crippen molar-refractivity contribution in [2.24, 2.45) is 0 Å². The Labute approximate surface area is 226 Å². The molecule has 0 bridgehead atoms. The molecule has 0 saturated carbocycles. The molecule has 2 aromatic heterocycles. The van der Waals surface area contributed by atoms with Gasteiger partial charge in [-0.1, -0.05) is 39.8 Å². The van der Waals surface area contributed by atoms with E-state index in [1.807, 2.05) is 54.6 Å². The third kappa shape index (κ3) is 6.65. The fourth-order valence-corrected chi connectivity index (χ4v) is 5.36. The minimum Gasteiger partial charge on any atom is -0.497 e. The van der Waals surface area contributed by atoms with Crippen molar-refractivity contribution in [3.05, 3.63) is 71.1 Å². The summed E-state index contributed by atoms with van der Waals surface area (Å²) in [6.45, 7) is 0.759. The first-order valence-electron chi connectivity index (χ1n) is 10.6. The number of benzene rings is 2.